The molecule has 0 saturated carbocycles. The normalized spacial score (nSPS) is 16.8. The first-order valence-electron chi connectivity index (χ1n) is 6.70. The quantitative estimate of drug-likeness (QED) is 0.761. The maximum atomic E-state index is 5.37. The average molecular weight is 270 g/mol. The van der Waals surface area contributed by atoms with Gasteiger partial charge in [0, 0.05) is 31.5 Å². The second-order valence-electron chi connectivity index (χ2n) is 4.88. The van der Waals surface area contributed by atoms with E-state index in [2.05, 4.69) is 25.3 Å². The van der Waals surface area contributed by atoms with Crippen molar-refractivity contribution < 1.29 is 4.74 Å². The Morgan fingerprint density at radius 3 is 3.10 bits per heavy atom. The van der Waals surface area contributed by atoms with Crippen LogP contribution in [0.4, 0.5) is 0 Å². The molecule has 4 rings (SSSR count). The summed E-state index contributed by atoms with van der Waals surface area (Å²) in [6, 6.07) is 1.84. The van der Waals surface area contributed by atoms with Crippen LogP contribution in [0, 0.1) is 0 Å². The summed E-state index contributed by atoms with van der Waals surface area (Å²) in [6.07, 6.45) is 7.33. The van der Waals surface area contributed by atoms with E-state index in [-0.39, 0.29) is 0 Å². The van der Waals surface area contributed by atoms with Crippen LogP contribution in [0.1, 0.15) is 24.6 Å². The highest BCUT2D eigenvalue weighted by Gasteiger charge is 2.21. The molecule has 0 unspecified atom stereocenters. The highest BCUT2D eigenvalue weighted by atomic mass is 16.5. The molecule has 0 aromatic carbocycles. The maximum Gasteiger partial charge on any atom is 0.186 e. The highest BCUT2D eigenvalue weighted by molar-refractivity contribution is 5.71. The van der Waals surface area contributed by atoms with Crippen molar-refractivity contribution in [2.45, 2.75) is 18.8 Å². The molecule has 1 aliphatic heterocycles. The van der Waals surface area contributed by atoms with Crippen molar-refractivity contribution in [1.82, 2.24) is 29.8 Å². The second-order valence-corrected chi connectivity index (χ2v) is 4.88. The van der Waals surface area contributed by atoms with Crippen LogP contribution < -0.4 is 0 Å². The van der Waals surface area contributed by atoms with Gasteiger partial charge in [-0.3, -0.25) is 5.10 Å². The summed E-state index contributed by atoms with van der Waals surface area (Å²) >= 11 is 0. The first-order chi connectivity index (χ1) is 9.92. The molecule has 7 nitrogen and oxygen atoms in total. The monoisotopic (exact) mass is 270 g/mol. The Hall–Kier alpha value is -2.28. The number of nitrogens with one attached hydrogen (secondary N) is 1. The molecule has 0 bridgehead atoms. The molecule has 1 N–H and O–H groups in total. The SMILES string of the molecule is c1cnc2c(-c3n[nH]c(C4CCOCC4)n3)cnn2c1. The van der Waals surface area contributed by atoms with E-state index in [0.29, 0.717) is 11.7 Å². The molecule has 102 valence electrons. The Labute approximate surface area is 115 Å². The molecule has 3 aromatic heterocycles. The molecule has 1 saturated heterocycles. The van der Waals surface area contributed by atoms with Crippen LogP contribution >= 0.6 is 0 Å². The first-order valence-corrected chi connectivity index (χ1v) is 6.70. The number of rotatable bonds is 2. The number of ether oxygens (including phenoxy) is 1. The minimum absolute atomic E-state index is 0.403. The Kier molecular flexibility index (Phi) is 2.70. The van der Waals surface area contributed by atoms with Crippen LogP contribution in [-0.2, 0) is 4.74 Å². The summed E-state index contributed by atoms with van der Waals surface area (Å²) in [5.41, 5.74) is 1.62. The number of fused-ring (bicyclic) bond motifs is 1. The van der Waals surface area contributed by atoms with Gasteiger partial charge < -0.3 is 4.74 Å². The zero-order valence-corrected chi connectivity index (χ0v) is 10.9. The Bertz CT molecular complexity index is 727. The Morgan fingerprint density at radius 1 is 1.30 bits per heavy atom. The first kappa shape index (κ1) is 11.5. The third-order valence-electron chi connectivity index (χ3n) is 3.63. The summed E-state index contributed by atoms with van der Waals surface area (Å²) in [5.74, 6) is 1.98. The largest absolute Gasteiger partial charge is 0.381 e. The van der Waals surface area contributed by atoms with Crippen LogP contribution in [0.2, 0.25) is 0 Å². The van der Waals surface area contributed by atoms with Gasteiger partial charge in [0.05, 0.1) is 11.8 Å². The van der Waals surface area contributed by atoms with Crippen LogP contribution in [-0.4, -0.2) is 43.0 Å². The van der Waals surface area contributed by atoms with E-state index in [1.807, 2.05) is 12.3 Å². The average Bonchev–Trinajstić information content (AvgIpc) is 3.14. The topological polar surface area (TPSA) is 81.0 Å². The zero-order valence-electron chi connectivity index (χ0n) is 10.9. The fourth-order valence-electron chi connectivity index (χ4n) is 2.53. The van der Waals surface area contributed by atoms with Crippen molar-refractivity contribution in [3.8, 4) is 11.4 Å². The number of nitrogens with zero attached hydrogens (tertiary/aromatic N) is 5. The van der Waals surface area contributed by atoms with E-state index >= 15 is 0 Å². The molecule has 20 heavy (non-hydrogen) atoms. The summed E-state index contributed by atoms with van der Waals surface area (Å²) in [6.45, 7) is 1.58. The van der Waals surface area contributed by atoms with Crippen LogP contribution in [0.5, 0.6) is 0 Å². The van der Waals surface area contributed by atoms with Gasteiger partial charge in [-0.15, -0.1) is 0 Å². The van der Waals surface area contributed by atoms with Gasteiger partial charge >= 0.3 is 0 Å². The third kappa shape index (κ3) is 1.87. The standard InChI is InChI=1S/C13H14N6O/c1-4-14-13-10(8-15-19(13)5-1)12-16-11(17-18-12)9-2-6-20-7-3-9/h1,4-5,8-9H,2-3,6-7H2,(H,16,17,18). The molecule has 3 aromatic rings. The predicted molar refractivity (Wildman–Crippen MR) is 71.2 cm³/mol. The Morgan fingerprint density at radius 2 is 2.20 bits per heavy atom. The number of aromatic nitrogens is 6. The summed E-state index contributed by atoms with van der Waals surface area (Å²) < 4.78 is 7.09. The molecule has 4 heterocycles. The number of hydrogen-bond acceptors (Lipinski definition) is 5. The molecular formula is C13H14N6O. The van der Waals surface area contributed by atoms with E-state index in [1.54, 1.807) is 16.9 Å². The minimum atomic E-state index is 0.403. The number of aromatic amines is 1. The minimum Gasteiger partial charge on any atom is -0.381 e. The van der Waals surface area contributed by atoms with Crippen LogP contribution in [0.25, 0.3) is 17.0 Å². The van der Waals surface area contributed by atoms with Crippen LogP contribution in [0.15, 0.2) is 24.7 Å². The van der Waals surface area contributed by atoms with Crippen molar-refractivity contribution >= 4 is 5.65 Å². The summed E-state index contributed by atoms with van der Waals surface area (Å²) in [5, 5.41) is 11.6. The number of hydrogen-bond donors (Lipinski definition) is 1. The third-order valence-corrected chi connectivity index (χ3v) is 3.63. The van der Waals surface area contributed by atoms with Crippen molar-refractivity contribution in [3.63, 3.8) is 0 Å². The molecular weight excluding hydrogens is 256 g/mol. The van der Waals surface area contributed by atoms with Crippen molar-refractivity contribution in [1.29, 1.82) is 0 Å². The lowest BCUT2D eigenvalue weighted by Crippen LogP contribution is -2.15. The van der Waals surface area contributed by atoms with E-state index in [0.717, 1.165) is 43.1 Å². The Balaban J connectivity index is 1.70. The zero-order chi connectivity index (χ0) is 13.4. The van der Waals surface area contributed by atoms with Crippen LogP contribution in [0.3, 0.4) is 0 Å². The summed E-state index contributed by atoms with van der Waals surface area (Å²) in [4.78, 5) is 8.94. The maximum absolute atomic E-state index is 5.37. The van der Waals surface area contributed by atoms with Crippen molar-refractivity contribution in [2.75, 3.05) is 13.2 Å². The molecule has 1 aliphatic rings. The second kappa shape index (κ2) is 4.68. The van der Waals surface area contributed by atoms with Gasteiger partial charge in [0.1, 0.15) is 5.82 Å². The van der Waals surface area contributed by atoms with Gasteiger partial charge in [0.25, 0.3) is 0 Å². The smallest absolute Gasteiger partial charge is 0.186 e. The lowest BCUT2D eigenvalue weighted by molar-refractivity contribution is 0.0836. The van der Waals surface area contributed by atoms with Gasteiger partial charge in [-0.25, -0.2) is 14.5 Å². The van der Waals surface area contributed by atoms with Gasteiger partial charge in [-0.05, 0) is 18.9 Å². The van der Waals surface area contributed by atoms with Crippen molar-refractivity contribution in [3.05, 3.63) is 30.5 Å². The number of H-pyrrole nitrogens is 1. The van der Waals surface area contributed by atoms with E-state index in [1.165, 1.54) is 0 Å². The molecule has 0 spiro atoms. The van der Waals surface area contributed by atoms with Gasteiger partial charge in [-0.1, -0.05) is 0 Å². The van der Waals surface area contributed by atoms with Gasteiger partial charge in [-0.2, -0.15) is 10.2 Å². The predicted octanol–water partition coefficient (Wildman–Crippen LogP) is 1.41. The molecule has 0 radical (unpaired) electrons. The van der Waals surface area contributed by atoms with Gasteiger partial charge in [0.2, 0.25) is 0 Å². The van der Waals surface area contributed by atoms with Crippen molar-refractivity contribution in [2.24, 2.45) is 0 Å². The fourth-order valence-corrected chi connectivity index (χ4v) is 2.53. The van der Waals surface area contributed by atoms with E-state index < -0.39 is 0 Å². The van der Waals surface area contributed by atoms with E-state index in [4.69, 9.17) is 4.74 Å². The fraction of sp³-hybridized carbons (Fsp3) is 0.385. The summed E-state index contributed by atoms with van der Waals surface area (Å²) in [7, 11) is 0. The molecule has 7 heteroatoms. The highest BCUT2D eigenvalue weighted by Crippen LogP contribution is 2.26. The van der Waals surface area contributed by atoms with Gasteiger partial charge in [0.15, 0.2) is 11.5 Å². The van der Waals surface area contributed by atoms with E-state index in [9.17, 15) is 0 Å². The lowest BCUT2D eigenvalue weighted by Gasteiger charge is -2.19. The molecule has 1 fully saturated rings. The molecule has 0 amide bonds. The molecule has 0 aliphatic carbocycles. The lowest BCUT2D eigenvalue weighted by atomic mass is 10.00. The molecule has 0 atom stereocenters.